The van der Waals surface area contributed by atoms with Crippen LogP contribution in [0.15, 0.2) is 6.08 Å². The number of hydrogen-bond acceptors (Lipinski definition) is 1. The van der Waals surface area contributed by atoms with E-state index in [4.69, 9.17) is 0 Å². The van der Waals surface area contributed by atoms with Gasteiger partial charge in [0.05, 0.1) is 5.69 Å². The molecule has 0 spiro atoms. The molecule has 0 saturated heterocycles. The predicted molar refractivity (Wildman–Crippen MR) is 67.1 cm³/mol. The lowest BCUT2D eigenvalue weighted by atomic mass is 9.84. The van der Waals surface area contributed by atoms with Gasteiger partial charge in [0, 0.05) is 16.8 Å². The molecule has 0 amide bonds. The normalized spacial score (nSPS) is 12.4. The SMILES string of the molecule is C/C=C/c1nc(C)c(C)c(F)c1C(C)(C)C. The monoisotopic (exact) mass is 221 g/mol. The standard InChI is InChI=1S/C14H20FN/c1-7-8-11-12(14(4,5)6)13(15)9(2)10(3)16-11/h7-8H,1-6H3/b8-7+. The van der Waals surface area contributed by atoms with Gasteiger partial charge in [-0.05, 0) is 32.3 Å². The van der Waals surface area contributed by atoms with Crippen molar-refractivity contribution in [3.05, 3.63) is 34.4 Å². The Kier molecular flexibility index (Phi) is 3.51. The highest BCUT2D eigenvalue weighted by Crippen LogP contribution is 2.30. The summed E-state index contributed by atoms with van der Waals surface area (Å²) in [5.74, 6) is -0.117. The molecular formula is C14H20FN. The minimum absolute atomic E-state index is 0.117. The summed E-state index contributed by atoms with van der Waals surface area (Å²) in [6, 6.07) is 0. The Morgan fingerprint density at radius 2 is 1.75 bits per heavy atom. The zero-order valence-corrected chi connectivity index (χ0v) is 11.0. The summed E-state index contributed by atoms with van der Waals surface area (Å²) in [6.07, 6.45) is 3.77. The Morgan fingerprint density at radius 1 is 1.19 bits per heavy atom. The second-order valence-corrected chi connectivity index (χ2v) is 5.15. The van der Waals surface area contributed by atoms with Crippen LogP contribution in [-0.2, 0) is 5.41 Å². The van der Waals surface area contributed by atoms with Gasteiger partial charge in [0.2, 0.25) is 0 Å². The lowest BCUT2D eigenvalue weighted by Crippen LogP contribution is -2.18. The van der Waals surface area contributed by atoms with Crippen molar-refractivity contribution in [2.45, 2.75) is 47.0 Å². The van der Waals surface area contributed by atoms with E-state index in [-0.39, 0.29) is 11.2 Å². The molecule has 16 heavy (non-hydrogen) atoms. The van der Waals surface area contributed by atoms with Crippen molar-refractivity contribution in [3.63, 3.8) is 0 Å². The fourth-order valence-corrected chi connectivity index (χ4v) is 1.77. The number of halogens is 1. The summed E-state index contributed by atoms with van der Waals surface area (Å²) >= 11 is 0. The zero-order valence-electron chi connectivity index (χ0n) is 11.0. The largest absolute Gasteiger partial charge is 0.253 e. The average molecular weight is 221 g/mol. The van der Waals surface area contributed by atoms with Crippen LogP contribution >= 0.6 is 0 Å². The number of rotatable bonds is 1. The van der Waals surface area contributed by atoms with Crippen LogP contribution in [-0.4, -0.2) is 4.98 Å². The van der Waals surface area contributed by atoms with Crippen LogP contribution in [0.2, 0.25) is 0 Å². The Labute approximate surface area is 97.4 Å². The smallest absolute Gasteiger partial charge is 0.133 e. The molecule has 1 heterocycles. The van der Waals surface area contributed by atoms with Gasteiger partial charge >= 0.3 is 0 Å². The van der Waals surface area contributed by atoms with Gasteiger partial charge in [-0.2, -0.15) is 0 Å². The zero-order chi connectivity index (χ0) is 12.5. The van der Waals surface area contributed by atoms with Crippen LogP contribution < -0.4 is 0 Å². The molecule has 1 aromatic heterocycles. The molecule has 0 aliphatic heterocycles. The van der Waals surface area contributed by atoms with Gasteiger partial charge in [-0.25, -0.2) is 4.39 Å². The minimum Gasteiger partial charge on any atom is -0.253 e. The van der Waals surface area contributed by atoms with Gasteiger partial charge in [-0.3, -0.25) is 4.98 Å². The Bertz CT molecular complexity index is 425. The maximum absolute atomic E-state index is 14.3. The summed E-state index contributed by atoms with van der Waals surface area (Å²) < 4.78 is 14.3. The number of aromatic nitrogens is 1. The van der Waals surface area contributed by atoms with E-state index in [1.54, 1.807) is 6.92 Å². The Balaban J connectivity index is 3.61. The molecule has 88 valence electrons. The summed E-state index contributed by atoms with van der Waals surface area (Å²) in [7, 11) is 0. The first-order valence-electron chi connectivity index (χ1n) is 5.59. The molecule has 0 aliphatic rings. The molecule has 0 radical (unpaired) electrons. The molecule has 0 atom stereocenters. The second kappa shape index (κ2) is 4.36. The number of allylic oxidation sites excluding steroid dienone is 1. The fraction of sp³-hybridized carbons (Fsp3) is 0.500. The topological polar surface area (TPSA) is 12.9 Å². The van der Waals surface area contributed by atoms with E-state index in [1.807, 2.05) is 46.8 Å². The first-order chi connectivity index (χ1) is 7.29. The molecule has 0 aromatic carbocycles. The quantitative estimate of drug-likeness (QED) is 0.693. The maximum Gasteiger partial charge on any atom is 0.133 e. The van der Waals surface area contributed by atoms with Crippen molar-refractivity contribution >= 4 is 6.08 Å². The van der Waals surface area contributed by atoms with Gasteiger partial charge in [0.15, 0.2) is 0 Å². The van der Waals surface area contributed by atoms with Crippen molar-refractivity contribution in [3.8, 4) is 0 Å². The lowest BCUT2D eigenvalue weighted by molar-refractivity contribution is 0.512. The minimum atomic E-state index is -0.232. The van der Waals surface area contributed by atoms with Crippen molar-refractivity contribution in [1.82, 2.24) is 4.98 Å². The van der Waals surface area contributed by atoms with E-state index in [0.29, 0.717) is 11.1 Å². The first kappa shape index (κ1) is 12.9. The predicted octanol–water partition coefficient (Wildman–Crippen LogP) is 4.17. The van der Waals surface area contributed by atoms with Crippen molar-refractivity contribution in [1.29, 1.82) is 0 Å². The van der Waals surface area contributed by atoms with E-state index < -0.39 is 0 Å². The number of nitrogens with zero attached hydrogens (tertiary/aromatic N) is 1. The van der Waals surface area contributed by atoms with Crippen molar-refractivity contribution < 1.29 is 4.39 Å². The highest BCUT2D eigenvalue weighted by Gasteiger charge is 2.24. The lowest BCUT2D eigenvalue weighted by Gasteiger charge is -2.23. The third-order valence-corrected chi connectivity index (χ3v) is 2.71. The number of hydrogen-bond donors (Lipinski definition) is 0. The van der Waals surface area contributed by atoms with Crippen LogP contribution in [0.5, 0.6) is 0 Å². The molecule has 1 rings (SSSR count). The summed E-state index contributed by atoms with van der Waals surface area (Å²) in [4.78, 5) is 4.46. The van der Waals surface area contributed by atoms with Crippen molar-refractivity contribution in [2.75, 3.05) is 0 Å². The van der Waals surface area contributed by atoms with E-state index >= 15 is 0 Å². The second-order valence-electron chi connectivity index (χ2n) is 5.15. The van der Waals surface area contributed by atoms with Gasteiger partial charge < -0.3 is 0 Å². The van der Waals surface area contributed by atoms with Crippen LogP contribution in [0.4, 0.5) is 4.39 Å². The van der Waals surface area contributed by atoms with E-state index in [9.17, 15) is 4.39 Å². The van der Waals surface area contributed by atoms with Crippen LogP contribution in [0, 0.1) is 19.7 Å². The van der Waals surface area contributed by atoms with Gasteiger partial charge in [0.25, 0.3) is 0 Å². The van der Waals surface area contributed by atoms with Gasteiger partial charge in [-0.15, -0.1) is 0 Å². The molecule has 0 bridgehead atoms. The summed E-state index contributed by atoms with van der Waals surface area (Å²) in [5.41, 5.74) is 2.63. The van der Waals surface area contributed by atoms with E-state index in [2.05, 4.69) is 4.98 Å². The fourth-order valence-electron chi connectivity index (χ4n) is 1.77. The molecule has 1 nitrogen and oxygen atoms in total. The van der Waals surface area contributed by atoms with E-state index in [1.165, 1.54) is 0 Å². The summed E-state index contributed by atoms with van der Waals surface area (Å²) in [6.45, 7) is 11.6. The molecule has 0 saturated carbocycles. The van der Waals surface area contributed by atoms with E-state index in [0.717, 1.165) is 11.4 Å². The summed E-state index contributed by atoms with van der Waals surface area (Å²) in [5, 5.41) is 0. The third-order valence-electron chi connectivity index (χ3n) is 2.71. The third kappa shape index (κ3) is 2.31. The van der Waals surface area contributed by atoms with Crippen molar-refractivity contribution in [2.24, 2.45) is 0 Å². The molecule has 0 fully saturated rings. The molecule has 0 aliphatic carbocycles. The first-order valence-corrected chi connectivity index (χ1v) is 5.59. The van der Waals surface area contributed by atoms with Crippen LogP contribution in [0.1, 0.15) is 50.2 Å². The molecule has 0 N–H and O–H groups in total. The van der Waals surface area contributed by atoms with Gasteiger partial charge in [0.1, 0.15) is 5.82 Å². The molecule has 2 heteroatoms. The highest BCUT2D eigenvalue weighted by atomic mass is 19.1. The molecule has 1 aromatic rings. The average Bonchev–Trinajstić information content (AvgIpc) is 2.12. The molecular weight excluding hydrogens is 201 g/mol. The number of pyridine rings is 1. The van der Waals surface area contributed by atoms with Crippen LogP contribution in [0.3, 0.4) is 0 Å². The Hall–Kier alpha value is -1.18. The Morgan fingerprint density at radius 3 is 2.19 bits per heavy atom. The highest BCUT2D eigenvalue weighted by molar-refractivity contribution is 5.53. The van der Waals surface area contributed by atoms with Gasteiger partial charge in [-0.1, -0.05) is 26.8 Å². The van der Waals surface area contributed by atoms with Crippen LogP contribution in [0.25, 0.3) is 6.08 Å². The maximum atomic E-state index is 14.3. The molecule has 0 unspecified atom stereocenters. The number of aryl methyl sites for hydroxylation is 1.